The number of aryl methyl sites for hydroxylation is 3. The summed E-state index contributed by atoms with van der Waals surface area (Å²) in [5, 5.41) is 0. The highest BCUT2D eigenvalue weighted by molar-refractivity contribution is 9.10. The molecule has 0 bridgehead atoms. The summed E-state index contributed by atoms with van der Waals surface area (Å²) in [5.74, 6) is 0. The standard InChI is InChI=1S/C16H18BrNO2S/c1-11-8-12(2)16(13(3)9-11)21(19,20)18-10-14-4-6-15(17)7-5-14/h4-9,18H,10H2,1-3H3. The third-order valence-electron chi connectivity index (χ3n) is 3.25. The molecule has 0 heterocycles. The van der Waals surface area contributed by atoms with E-state index in [1.807, 2.05) is 57.2 Å². The maximum absolute atomic E-state index is 12.5. The second-order valence-corrected chi connectivity index (χ2v) is 7.80. The molecule has 0 saturated carbocycles. The van der Waals surface area contributed by atoms with Gasteiger partial charge in [-0.2, -0.15) is 0 Å². The van der Waals surface area contributed by atoms with E-state index >= 15 is 0 Å². The molecule has 0 amide bonds. The first kappa shape index (κ1) is 16.2. The predicted molar refractivity (Wildman–Crippen MR) is 88.8 cm³/mol. The lowest BCUT2D eigenvalue weighted by molar-refractivity contribution is 0.580. The lowest BCUT2D eigenvalue weighted by Crippen LogP contribution is -2.24. The van der Waals surface area contributed by atoms with Crippen molar-refractivity contribution in [3.63, 3.8) is 0 Å². The average molecular weight is 368 g/mol. The van der Waals surface area contributed by atoms with Crippen LogP contribution in [0.5, 0.6) is 0 Å². The van der Waals surface area contributed by atoms with Gasteiger partial charge in [0.2, 0.25) is 10.0 Å². The summed E-state index contributed by atoms with van der Waals surface area (Å²) in [6.45, 7) is 5.90. The smallest absolute Gasteiger partial charge is 0.207 e. The van der Waals surface area contributed by atoms with Gasteiger partial charge in [0.25, 0.3) is 0 Å². The lowest BCUT2D eigenvalue weighted by atomic mass is 10.1. The van der Waals surface area contributed by atoms with Crippen LogP contribution in [0, 0.1) is 20.8 Å². The summed E-state index contributed by atoms with van der Waals surface area (Å²) in [4.78, 5) is 0.380. The molecular formula is C16H18BrNO2S. The molecule has 0 spiro atoms. The van der Waals surface area contributed by atoms with Gasteiger partial charge in [-0.05, 0) is 49.6 Å². The van der Waals surface area contributed by atoms with Gasteiger partial charge in [0.1, 0.15) is 0 Å². The molecule has 112 valence electrons. The minimum absolute atomic E-state index is 0.280. The Labute approximate surface area is 134 Å². The fourth-order valence-electron chi connectivity index (χ4n) is 2.44. The highest BCUT2D eigenvalue weighted by Gasteiger charge is 2.19. The van der Waals surface area contributed by atoms with Gasteiger partial charge in [-0.25, -0.2) is 13.1 Å². The lowest BCUT2D eigenvalue weighted by Gasteiger charge is -2.13. The fraction of sp³-hybridized carbons (Fsp3) is 0.250. The predicted octanol–water partition coefficient (Wildman–Crippen LogP) is 3.85. The quantitative estimate of drug-likeness (QED) is 0.891. The van der Waals surface area contributed by atoms with Crippen LogP contribution in [0.2, 0.25) is 0 Å². The van der Waals surface area contributed by atoms with E-state index in [1.54, 1.807) is 0 Å². The van der Waals surface area contributed by atoms with Crippen molar-refractivity contribution in [3.05, 3.63) is 63.1 Å². The summed E-state index contributed by atoms with van der Waals surface area (Å²) in [6, 6.07) is 11.4. The van der Waals surface area contributed by atoms with E-state index in [2.05, 4.69) is 20.7 Å². The monoisotopic (exact) mass is 367 g/mol. The van der Waals surface area contributed by atoms with Crippen LogP contribution >= 0.6 is 15.9 Å². The van der Waals surface area contributed by atoms with E-state index in [1.165, 1.54) is 0 Å². The first-order valence-electron chi connectivity index (χ1n) is 6.61. The van der Waals surface area contributed by atoms with Gasteiger partial charge >= 0.3 is 0 Å². The fourth-order valence-corrected chi connectivity index (χ4v) is 4.17. The highest BCUT2D eigenvalue weighted by atomic mass is 79.9. The Hall–Kier alpha value is -1.17. The Morgan fingerprint density at radius 1 is 1.00 bits per heavy atom. The molecule has 0 aliphatic rings. The third kappa shape index (κ3) is 3.93. The minimum atomic E-state index is -3.51. The number of hydrogen-bond acceptors (Lipinski definition) is 2. The van der Waals surface area contributed by atoms with Crippen LogP contribution < -0.4 is 4.72 Å². The highest BCUT2D eigenvalue weighted by Crippen LogP contribution is 2.22. The molecule has 1 N–H and O–H groups in total. The molecule has 21 heavy (non-hydrogen) atoms. The van der Waals surface area contributed by atoms with Crippen molar-refractivity contribution >= 4 is 26.0 Å². The number of rotatable bonds is 4. The SMILES string of the molecule is Cc1cc(C)c(S(=O)(=O)NCc2ccc(Br)cc2)c(C)c1. The van der Waals surface area contributed by atoms with Crippen LogP contribution in [0.3, 0.4) is 0 Å². The molecule has 3 nitrogen and oxygen atoms in total. The van der Waals surface area contributed by atoms with Crippen molar-refractivity contribution in [2.75, 3.05) is 0 Å². The topological polar surface area (TPSA) is 46.2 Å². The van der Waals surface area contributed by atoms with Crippen LogP contribution in [-0.2, 0) is 16.6 Å². The zero-order chi connectivity index (χ0) is 15.6. The van der Waals surface area contributed by atoms with Gasteiger partial charge in [0, 0.05) is 11.0 Å². The Balaban J connectivity index is 2.25. The zero-order valence-corrected chi connectivity index (χ0v) is 14.7. The van der Waals surface area contributed by atoms with E-state index in [9.17, 15) is 8.42 Å². The Morgan fingerprint density at radius 3 is 2.05 bits per heavy atom. The maximum atomic E-state index is 12.5. The van der Waals surface area contributed by atoms with Gasteiger partial charge in [0.15, 0.2) is 0 Å². The van der Waals surface area contributed by atoms with Gasteiger partial charge < -0.3 is 0 Å². The Bertz CT molecular complexity index is 729. The van der Waals surface area contributed by atoms with E-state index in [4.69, 9.17) is 0 Å². The van der Waals surface area contributed by atoms with Crippen molar-refractivity contribution in [1.82, 2.24) is 4.72 Å². The molecule has 0 aliphatic heterocycles. The number of hydrogen-bond donors (Lipinski definition) is 1. The molecule has 2 aromatic rings. The maximum Gasteiger partial charge on any atom is 0.241 e. The Morgan fingerprint density at radius 2 is 1.52 bits per heavy atom. The molecule has 0 unspecified atom stereocenters. The molecule has 0 aromatic heterocycles. The van der Waals surface area contributed by atoms with Gasteiger partial charge in [-0.3, -0.25) is 0 Å². The Kier molecular flexibility index (Phi) is 4.86. The van der Waals surface area contributed by atoms with E-state index in [0.717, 1.165) is 26.7 Å². The van der Waals surface area contributed by atoms with E-state index in [-0.39, 0.29) is 6.54 Å². The second-order valence-electron chi connectivity index (χ2n) is 5.18. The van der Waals surface area contributed by atoms with Gasteiger partial charge in [-0.15, -0.1) is 0 Å². The number of nitrogens with one attached hydrogen (secondary N) is 1. The average Bonchev–Trinajstić information content (AvgIpc) is 2.36. The van der Waals surface area contributed by atoms with Crippen LogP contribution in [-0.4, -0.2) is 8.42 Å². The molecule has 5 heteroatoms. The summed E-state index contributed by atoms with van der Waals surface area (Å²) in [7, 11) is -3.51. The molecule has 2 rings (SSSR count). The number of benzene rings is 2. The van der Waals surface area contributed by atoms with Crippen LogP contribution in [0.4, 0.5) is 0 Å². The minimum Gasteiger partial charge on any atom is -0.207 e. The van der Waals surface area contributed by atoms with Crippen LogP contribution in [0.25, 0.3) is 0 Å². The zero-order valence-electron chi connectivity index (χ0n) is 12.3. The molecule has 0 atom stereocenters. The summed E-state index contributed by atoms with van der Waals surface area (Å²) in [6.07, 6.45) is 0. The van der Waals surface area contributed by atoms with Crippen molar-refractivity contribution in [2.45, 2.75) is 32.2 Å². The number of sulfonamides is 1. The molecule has 0 fully saturated rings. The van der Waals surface area contributed by atoms with Gasteiger partial charge in [-0.1, -0.05) is 45.8 Å². The second kappa shape index (κ2) is 6.30. The molecule has 0 saturated heterocycles. The first-order chi connectivity index (χ1) is 9.79. The van der Waals surface area contributed by atoms with Crippen molar-refractivity contribution in [2.24, 2.45) is 0 Å². The van der Waals surface area contributed by atoms with Crippen LogP contribution in [0.1, 0.15) is 22.3 Å². The summed E-state index contributed by atoms with van der Waals surface area (Å²) < 4.78 is 28.7. The van der Waals surface area contributed by atoms with Crippen molar-refractivity contribution in [3.8, 4) is 0 Å². The molecular weight excluding hydrogens is 350 g/mol. The first-order valence-corrected chi connectivity index (χ1v) is 8.89. The summed E-state index contributed by atoms with van der Waals surface area (Å²) >= 11 is 3.36. The normalized spacial score (nSPS) is 11.6. The molecule has 0 aliphatic carbocycles. The number of halogens is 1. The van der Waals surface area contributed by atoms with Crippen molar-refractivity contribution < 1.29 is 8.42 Å². The van der Waals surface area contributed by atoms with Gasteiger partial charge in [0.05, 0.1) is 4.90 Å². The van der Waals surface area contributed by atoms with Crippen molar-refractivity contribution in [1.29, 1.82) is 0 Å². The third-order valence-corrected chi connectivity index (χ3v) is 5.49. The largest absolute Gasteiger partial charge is 0.241 e. The van der Waals surface area contributed by atoms with E-state index < -0.39 is 10.0 Å². The van der Waals surface area contributed by atoms with E-state index in [0.29, 0.717) is 4.90 Å². The van der Waals surface area contributed by atoms with Crippen LogP contribution in [0.15, 0.2) is 45.8 Å². The summed E-state index contributed by atoms with van der Waals surface area (Å²) in [5.41, 5.74) is 3.53. The molecule has 0 radical (unpaired) electrons. The molecule has 2 aromatic carbocycles.